The van der Waals surface area contributed by atoms with Crippen molar-refractivity contribution in [1.82, 2.24) is 10.6 Å². The molecule has 9 nitrogen and oxygen atoms in total. The number of carboxylic acid groups (broad SMARTS) is 1. The van der Waals surface area contributed by atoms with Gasteiger partial charge in [-0.3, -0.25) is 14.4 Å². The molecular formula is C11H20N4O5. The molecule has 0 spiro atoms. The summed E-state index contributed by atoms with van der Waals surface area (Å²) in [5.41, 5.74) is 10.2. The van der Waals surface area contributed by atoms with Gasteiger partial charge in [0.2, 0.25) is 17.7 Å². The number of amides is 3. The smallest absolute Gasteiger partial charge is 0.326 e. The van der Waals surface area contributed by atoms with Crippen LogP contribution in [0.2, 0.25) is 0 Å². The van der Waals surface area contributed by atoms with Crippen molar-refractivity contribution in [2.24, 2.45) is 17.4 Å². The molecule has 0 unspecified atom stereocenters. The van der Waals surface area contributed by atoms with Crippen LogP contribution in [0.5, 0.6) is 0 Å². The highest BCUT2D eigenvalue weighted by Gasteiger charge is 2.24. The molecule has 0 fully saturated rings. The van der Waals surface area contributed by atoms with Crippen molar-refractivity contribution in [1.29, 1.82) is 0 Å². The standard InChI is InChI=1S/C11H20N4O5/c1-5(2)9(11(19)20)15-8(17)4-14-10(18)6(12)3-7(13)16/h5-6,9H,3-4,12H2,1-2H3,(H2,13,16)(H,14,18)(H,15,17)(H,19,20)/t6-,9-/m0/s1. The molecule has 0 aromatic carbocycles. The summed E-state index contributed by atoms with van der Waals surface area (Å²) in [6.07, 6.45) is -0.336. The van der Waals surface area contributed by atoms with Gasteiger partial charge in [0.25, 0.3) is 0 Å². The molecule has 9 heteroatoms. The Morgan fingerprint density at radius 2 is 1.75 bits per heavy atom. The number of carboxylic acids is 1. The first-order valence-electron chi connectivity index (χ1n) is 5.99. The van der Waals surface area contributed by atoms with Crippen molar-refractivity contribution < 1.29 is 24.3 Å². The second-order valence-corrected chi connectivity index (χ2v) is 4.62. The minimum absolute atomic E-state index is 0.302. The number of nitrogens with two attached hydrogens (primary N) is 2. The molecule has 0 aliphatic heterocycles. The van der Waals surface area contributed by atoms with Crippen LogP contribution in [0.25, 0.3) is 0 Å². The Kier molecular flexibility index (Phi) is 7.22. The summed E-state index contributed by atoms with van der Waals surface area (Å²) in [5.74, 6) is -3.57. The maximum atomic E-state index is 11.5. The SMILES string of the molecule is CC(C)[C@H](NC(=O)CNC(=O)[C@@H](N)CC(N)=O)C(=O)O. The van der Waals surface area contributed by atoms with E-state index in [4.69, 9.17) is 16.6 Å². The molecule has 0 heterocycles. The Balaban J connectivity index is 4.25. The van der Waals surface area contributed by atoms with Crippen molar-refractivity contribution in [3.05, 3.63) is 0 Å². The van der Waals surface area contributed by atoms with E-state index in [9.17, 15) is 19.2 Å². The molecule has 3 amide bonds. The molecule has 0 aromatic rings. The van der Waals surface area contributed by atoms with Crippen molar-refractivity contribution in [2.75, 3.05) is 6.54 Å². The molecule has 0 saturated carbocycles. The highest BCUT2D eigenvalue weighted by molar-refractivity contribution is 5.91. The second kappa shape index (κ2) is 8.10. The molecular weight excluding hydrogens is 268 g/mol. The fourth-order valence-electron chi connectivity index (χ4n) is 1.35. The number of primary amides is 1. The van der Waals surface area contributed by atoms with Crippen LogP contribution < -0.4 is 22.1 Å². The zero-order chi connectivity index (χ0) is 15.9. The molecule has 2 atom stereocenters. The molecule has 0 rings (SSSR count). The van der Waals surface area contributed by atoms with Crippen molar-refractivity contribution in [2.45, 2.75) is 32.4 Å². The van der Waals surface area contributed by atoms with Crippen LogP contribution in [0.1, 0.15) is 20.3 Å². The molecule has 0 bridgehead atoms. The molecule has 20 heavy (non-hydrogen) atoms. The number of carbonyl (C=O) groups excluding carboxylic acids is 3. The van der Waals surface area contributed by atoms with Gasteiger partial charge >= 0.3 is 5.97 Å². The quantitative estimate of drug-likeness (QED) is 0.332. The lowest BCUT2D eigenvalue weighted by Gasteiger charge is -2.18. The van der Waals surface area contributed by atoms with Gasteiger partial charge < -0.3 is 27.2 Å². The average molecular weight is 288 g/mol. The van der Waals surface area contributed by atoms with Gasteiger partial charge in [0.1, 0.15) is 6.04 Å². The number of carbonyl (C=O) groups is 4. The molecule has 7 N–H and O–H groups in total. The molecule has 0 saturated heterocycles. The highest BCUT2D eigenvalue weighted by atomic mass is 16.4. The fourth-order valence-corrected chi connectivity index (χ4v) is 1.35. The molecule has 0 aromatic heterocycles. The zero-order valence-corrected chi connectivity index (χ0v) is 11.4. The van der Waals surface area contributed by atoms with Gasteiger partial charge in [-0.1, -0.05) is 13.8 Å². The molecule has 0 aliphatic rings. The Morgan fingerprint density at radius 1 is 1.20 bits per heavy atom. The first-order chi connectivity index (χ1) is 9.15. The fraction of sp³-hybridized carbons (Fsp3) is 0.636. The van der Waals surface area contributed by atoms with Crippen molar-refractivity contribution >= 4 is 23.7 Å². The Labute approximate surface area is 116 Å². The maximum absolute atomic E-state index is 11.5. The number of nitrogens with one attached hydrogen (secondary N) is 2. The van der Waals surface area contributed by atoms with E-state index in [0.717, 1.165) is 0 Å². The van der Waals surface area contributed by atoms with Gasteiger partial charge in [-0.15, -0.1) is 0 Å². The lowest BCUT2D eigenvalue weighted by molar-refractivity contribution is -0.143. The van der Waals surface area contributed by atoms with E-state index in [-0.39, 0.29) is 12.3 Å². The van der Waals surface area contributed by atoms with E-state index < -0.39 is 42.3 Å². The lowest BCUT2D eigenvalue weighted by Crippen LogP contribution is -2.50. The van der Waals surface area contributed by atoms with E-state index in [0.29, 0.717) is 0 Å². The number of hydrogen-bond donors (Lipinski definition) is 5. The van der Waals surface area contributed by atoms with Crippen LogP contribution in [0, 0.1) is 5.92 Å². The minimum Gasteiger partial charge on any atom is -0.480 e. The summed E-state index contributed by atoms with van der Waals surface area (Å²) >= 11 is 0. The van der Waals surface area contributed by atoms with Crippen LogP contribution in [0.15, 0.2) is 0 Å². The maximum Gasteiger partial charge on any atom is 0.326 e. The summed E-state index contributed by atoms with van der Waals surface area (Å²) in [6.45, 7) is 2.85. The summed E-state index contributed by atoms with van der Waals surface area (Å²) in [4.78, 5) is 44.3. The predicted octanol–water partition coefficient (Wildman–Crippen LogP) is -2.47. The average Bonchev–Trinajstić information content (AvgIpc) is 2.31. The third kappa shape index (κ3) is 6.69. The van der Waals surface area contributed by atoms with Gasteiger partial charge in [0, 0.05) is 0 Å². The van der Waals surface area contributed by atoms with E-state index in [1.54, 1.807) is 13.8 Å². The van der Waals surface area contributed by atoms with Crippen LogP contribution in [-0.2, 0) is 19.2 Å². The summed E-state index contributed by atoms with van der Waals surface area (Å²) in [5, 5.41) is 13.3. The first-order valence-corrected chi connectivity index (χ1v) is 5.99. The molecule has 0 radical (unpaired) electrons. The topological polar surface area (TPSA) is 165 Å². The van der Waals surface area contributed by atoms with Gasteiger partial charge in [-0.25, -0.2) is 4.79 Å². The lowest BCUT2D eigenvalue weighted by atomic mass is 10.1. The Morgan fingerprint density at radius 3 is 2.15 bits per heavy atom. The Hall–Kier alpha value is -2.16. The largest absolute Gasteiger partial charge is 0.480 e. The van der Waals surface area contributed by atoms with Crippen molar-refractivity contribution in [3.63, 3.8) is 0 Å². The number of aliphatic carboxylic acids is 1. The number of rotatable bonds is 8. The Bertz CT molecular complexity index is 396. The monoisotopic (exact) mass is 288 g/mol. The van der Waals surface area contributed by atoms with Crippen LogP contribution >= 0.6 is 0 Å². The van der Waals surface area contributed by atoms with E-state index in [1.807, 2.05) is 0 Å². The van der Waals surface area contributed by atoms with Crippen LogP contribution in [-0.4, -0.2) is 47.4 Å². The third-order valence-corrected chi connectivity index (χ3v) is 2.43. The summed E-state index contributed by atoms with van der Waals surface area (Å²) in [6, 6.07) is -2.18. The molecule has 0 aliphatic carbocycles. The zero-order valence-electron chi connectivity index (χ0n) is 11.4. The predicted molar refractivity (Wildman–Crippen MR) is 69.2 cm³/mol. The minimum atomic E-state index is -1.16. The van der Waals surface area contributed by atoms with Gasteiger partial charge in [0.15, 0.2) is 0 Å². The van der Waals surface area contributed by atoms with Gasteiger partial charge in [-0.05, 0) is 5.92 Å². The van der Waals surface area contributed by atoms with Crippen LogP contribution in [0.4, 0.5) is 0 Å². The highest BCUT2D eigenvalue weighted by Crippen LogP contribution is 2.01. The molecule has 114 valence electrons. The first kappa shape index (κ1) is 17.8. The number of hydrogen-bond acceptors (Lipinski definition) is 5. The van der Waals surface area contributed by atoms with Gasteiger partial charge in [0.05, 0.1) is 19.0 Å². The van der Waals surface area contributed by atoms with Crippen molar-refractivity contribution in [3.8, 4) is 0 Å². The third-order valence-electron chi connectivity index (χ3n) is 2.43. The normalized spacial score (nSPS) is 13.4. The van der Waals surface area contributed by atoms with Gasteiger partial charge in [-0.2, -0.15) is 0 Å². The van der Waals surface area contributed by atoms with E-state index >= 15 is 0 Å². The van der Waals surface area contributed by atoms with E-state index in [2.05, 4.69) is 10.6 Å². The van der Waals surface area contributed by atoms with Crippen LogP contribution in [0.3, 0.4) is 0 Å². The van der Waals surface area contributed by atoms with E-state index in [1.165, 1.54) is 0 Å². The summed E-state index contributed by atoms with van der Waals surface area (Å²) < 4.78 is 0. The second-order valence-electron chi connectivity index (χ2n) is 4.62. The summed E-state index contributed by atoms with van der Waals surface area (Å²) in [7, 11) is 0.